The van der Waals surface area contributed by atoms with Gasteiger partial charge in [0.25, 0.3) is 0 Å². The Balaban J connectivity index is 2.32. The second-order valence-corrected chi connectivity index (χ2v) is 4.55. The van der Waals surface area contributed by atoms with E-state index in [2.05, 4.69) is 4.98 Å². The van der Waals surface area contributed by atoms with Gasteiger partial charge in [-0.05, 0) is 43.5 Å². The molecule has 0 aliphatic heterocycles. The molecule has 3 rings (SSSR count). The predicted molar refractivity (Wildman–Crippen MR) is 62.8 cm³/mol. The van der Waals surface area contributed by atoms with Gasteiger partial charge in [0.2, 0.25) is 0 Å². The fourth-order valence-corrected chi connectivity index (χ4v) is 2.05. The molecule has 2 aromatic rings. The first-order valence-electron chi connectivity index (χ1n) is 5.51. The molecule has 2 nitrogen and oxygen atoms in total. The van der Waals surface area contributed by atoms with E-state index in [1.165, 1.54) is 6.07 Å². The van der Waals surface area contributed by atoms with Gasteiger partial charge >= 0.3 is 0 Å². The average Bonchev–Trinajstić information content (AvgIpc) is 3.02. The number of fused-ring (bicyclic) bond motifs is 1. The number of hydrogen-bond donors (Lipinski definition) is 1. The smallest absolute Gasteiger partial charge is 0.149 e. The molecular weight excluding hydrogens is 203 g/mol. The first kappa shape index (κ1) is 9.58. The maximum atomic E-state index is 13.8. The lowest BCUT2D eigenvalue weighted by Crippen LogP contribution is -1.97. The van der Waals surface area contributed by atoms with Crippen molar-refractivity contribution >= 4 is 16.6 Å². The summed E-state index contributed by atoms with van der Waals surface area (Å²) in [5.74, 6) is 0.219. The molecule has 1 fully saturated rings. The summed E-state index contributed by atoms with van der Waals surface area (Å²) in [4.78, 5) is 4.38. The minimum absolute atomic E-state index is 0.274. The highest BCUT2D eigenvalue weighted by atomic mass is 19.1. The number of nitrogens with zero attached hydrogens (tertiary/aromatic N) is 1. The fraction of sp³-hybridized carbons (Fsp3) is 0.308. The molecule has 0 spiro atoms. The number of aryl methyl sites for hydroxylation is 1. The van der Waals surface area contributed by atoms with Crippen LogP contribution in [0.25, 0.3) is 10.9 Å². The van der Waals surface area contributed by atoms with Crippen molar-refractivity contribution in [1.29, 1.82) is 0 Å². The van der Waals surface area contributed by atoms with Gasteiger partial charge in [0, 0.05) is 22.7 Å². The van der Waals surface area contributed by atoms with Gasteiger partial charge in [-0.15, -0.1) is 0 Å². The number of hydrogen-bond acceptors (Lipinski definition) is 2. The van der Waals surface area contributed by atoms with Gasteiger partial charge in [0.1, 0.15) is 11.3 Å². The van der Waals surface area contributed by atoms with E-state index in [-0.39, 0.29) is 5.82 Å². The second-order valence-electron chi connectivity index (χ2n) is 4.55. The molecule has 82 valence electrons. The van der Waals surface area contributed by atoms with E-state index in [1.807, 2.05) is 19.1 Å². The number of benzene rings is 1. The fourth-order valence-electron chi connectivity index (χ4n) is 2.05. The monoisotopic (exact) mass is 216 g/mol. The maximum absolute atomic E-state index is 13.8. The number of halogens is 1. The highest BCUT2D eigenvalue weighted by Crippen LogP contribution is 2.40. The lowest BCUT2D eigenvalue weighted by Gasteiger charge is -2.07. The van der Waals surface area contributed by atoms with Crippen LogP contribution in [0.4, 0.5) is 10.1 Å². The summed E-state index contributed by atoms with van der Waals surface area (Å²) in [5, 5.41) is 0.724. The first-order chi connectivity index (χ1) is 7.65. The summed E-state index contributed by atoms with van der Waals surface area (Å²) in [6, 6.07) is 5.28. The molecule has 1 aliphatic carbocycles. The van der Waals surface area contributed by atoms with Gasteiger partial charge in [-0.2, -0.15) is 0 Å². The molecule has 0 radical (unpaired) electrons. The van der Waals surface area contributed by atoms with E-state index < -0.39 is 0 Å². The summed E-state index contributed by atoms with van der Waals surface area (Å²) >= 11 is 0. The van der Waals surface area contributed by atoms with Gasteiger partial charge in [0.15, 0.2) is 0 Å². The van der Waals surface area contributed by atoms with Crippen LogP contribution in [0, 0.1) is 12.7 Å². The van der Waals surface area contributed by atoms with Crippen molar-refractivity contribution in [2.45, 2.75) is 25.7 Å². The van der Waals surface area contributed by atoms with Crippen LogP contribution < -0.4 is 5.73 Å². The third-order valence-electron chi connectivity index (χ3n) is 3.06. The molecule has 1 heterocycles. The van der Waals surface area contributed by atoms with Gasteiger partial charge in [-0.3, -0.25) is 0 Å². The standard InChI is InChI=1S/C13H13FN2/c1-7-4-9-11(15)6-12(8-2-3-8)16-13(9)10(14)5-7/h4-6,8H,2-3H2,1H3,(H2,15,16). The maximum Gasteiger partial charge on any atom is 0.149 e. The number of nitrogen functional groups attached to an aromatic ring is 1. The van der Waals surface area contributed by atoms with Crippen LogP contribution >= 0.6 is 0 Å². The normalized spacial score (nSPS) is 15.6. The quantitative estimate of drug-likeness (QED) is 0.795. The minimum Gasteiger partial charge on any atom is -0.398 e. The number of aromatic nitrogens is 1. The zero-order valence-corrected chi connectivity index (χ0v) is 9.13. The summed E-state index contributed by atoms with van der Waals surface area (Å²) in [7, 11) is 0. The average molecular weight is 216 g/mol. The Hall–Kier alpha value is -1.64. The molecule has 1 aliphatic rings. The molecule has 0 saturated heterocycles. The van der Waals surface area contributed by atoms with Crippen molar-refractivity contribution in [3.63, 3.8) is 0 Å². The number of nitrogens with two attached hydrogens (primary N) is 1. The lowest BCUT2D eigenvalue weighted by molar-refractivity contribution is 0.635. The van der Waals surface area contributed by atoms with Crippen LogP contribution in [0.2, 0.25) is 0 Å². The molecule has 2 N–H and O–H groups in total. The van der Waals surface area contributed by atoms with Crippen molar-refractivity contribution in [2.75, 3.05) is 5.73 Å². The lowest BCUT2D eigenvalue weighted by atomic mass is 10.1. The van der Waals surface area contributed by atoms with E-state index in [1.54, 1.807) is 0 Å². The summed E-state index contributed by atoms with van der Waals surface area (Å²) in [5.41, 5.74) is 8.81. The van der Waals surface area contributed by atoms with E-state index >= 15 is 0 Å². The van der Waals surface area contributed by atoms with Crippen LogP contribution in [0.3, 0.4) is 0 Å². The summed E-state index contributed by atoms with van der Waals surface area (Å²) < 4.78 is 13.8. The van der Waals surface area contributed by atoms with Crippen molar-refractivity contribution in [3.8, 4) is 0 Å². The Morgan fingerprint density at radius 3 is 2.75 bits per heavy atom. The van der Waals surface area contributed by atoms with Crippen molar-refractivity contribution in [2.24, 2.45) is 0 Å². The summed E-state index contributed by atoms with van der Waals surface area (Å²) in [6.07, 6.45) is 2.29. The Bertz CT molecular complexity index is 574. The van der Waals surface area contributed by atoms with Crippen LogP contribution in [0.5, 0.6) is 0 Å². The third-order valence-corrected chi connectivity index (χ3v) is 3.06. The van der Waals surface area contributed by atoms with Crippen LogP contribution in [0.1, 0.15) is 30.0 Å². The molecule has 1 aromatic heterocycles. The molecule has 1 aromatic carbocycles. The van der Waals surface area contributed by atoms with Crippen molar-refractivity contribution in [1.82, 2.24) is 4.98 Å². The van der Waals surface area contributed by atoms with E-state index in [0.717, 1.165) is 29.5 Å². The zero-order valence-electron chi connectivity index (χ0n) is 9.13. The molecule has 3 heteroatoms. The zero-order chi connectivity index (χ0) is 11.3. The number of rotatable bonds is 1. The number of anilines is 1. The molecule has 16 heavy (non-hydrogen) atoms. The molecule has 0 unspecified atom stereocenters. The molecule has 0 atom stereocenters. The van der Waals surface area contributed by atoms with Gasteiger partial charge in [-0.25, -0.2) is 9.37 Å². The molecule has 0 amide bonds. The third kappa shape index (κ3) is 1.43. The molecular formula is C13H13FN2. The Morgan fingerprint density at radius 1 is 1.31 bits per heavy atom. The SMILES string of the molecule is Cc1cc(F)c2nc(C3CC3)cc(N)c2c1. The first-order valence-corrected chi connectivity index (χ1v) is 5.51. The highest BCUT2D eigenvalue weighted by Gasteiger charge is 2.26. The topological polar surface area (TPSA) is 38.9 Å². The van der Waals surface area contributed by atoms with Crippen molar-refractivity contribution < 1.29 is 4.39 Å². The van der Waals surface area contributed by atoms with Gasteiger partial charge in [0.05, 0.1) is 0 Å². The van der Waals surface area contributed by atoms with E-state index in [4.69, 9.17) is 5.73 Å². The van der Waals surface area contributed by atoms with E-state index in [0.29, 0.717) is 17.1 Å². The highest BCUT2D eigenvalue weighted by molar-refractivity contribution is 5.91. The van der Waals surface area contributed by atoms with Crippen LogP contribution in [-0.2, 0) is 0 Å². The molecule has 0 bridgehead atoms. The van der Waals surface area contributed by atoms with Crippen molar-refractivity contribution in [3.05, 3.63) is 35.3 Å². The van der Waals surface area contributed by atoms with Crippen LogP contribution in [0.15, 0.2) is 18.2 Å². The number of pyridine rings is 1. The summed E-state index contributed by atoms with van der Waals surface area (Å²) in [6.45, 7) is 1.86. The largest absolute Gasteiger partial charge is 0.398 e. The minimum atomic E-state index is -0.274. The molecule has 1 saturated carbocycles. The second kappa shape index (κ2) is 3.17. The Labute approximate surface area is 93.3 Å². The Morgan fingerprint density at radius 2 is 2.06 bits per heavy atom. The van der Waals surface area contributed by atoms with Crippen LogP contribution in [-0.4, -0.2) is 4.98 Å². The Kier molecular flexibility index (Phi) is 1.90. The van der Waals surface area contributed by atoms with Gasteiger partial charge in [-0.1, -0.05) is 0 Å². The predicted octanol–water partition coefficient (Wildman–Crippen LogP) is 3.14. The van der Waals surface area contributed by atoms with E-state index in [9.17, 15) is 4.39 Å². The van der Waals surface area contributed by atoms with Gasteiger partial charge < -0.3 is 5.73 Å².